The summed E-state index contributed by atoms with van der Waals surface area (Å²) in [5, 5.41) is 7.56. The summed E-state index contributed by atoms with van der Waals surface area (Å²) in [5.41, 5.74) is 0.681. The summed E-state index contributed by atoms with van der Waals surface area (Å²) in [4.78, 5) is 24.3. The molecule has 1 aromatic carbocycles. The van der Waals surface area contributed by atoms with Crippen LogP contribution >= 0.6 is 33.9 Å². The van der Waals surface area contributed by atoms with Crippen molar-refractivity contribution in [3.8, 4) is 0 Å². The average molecular weight is 414 g/mol. The largest absolute Gasteiger partial charge is 0.352 e. The Morgan fingerprint density at radius 1 is 1.00 bits per heavy atom. The van der Waals surface area contributed by atoms with Gasteiger partial charge in [-0.15, -0.1) is 11.3 Å². The van der Waals surface area contributed by atoms with Gasteiger partial charge in [0.05, 0.1) is 10.4 Å². The molecule has 0 saturated carbocycles. The van der Waals surface area contributed by atoms with E-state index in [4.69, 9.17) is 0 Å². The highest BCUT2D eigenvalue weighted by Crippen LogP contribution is 2.11. The van der Waals surface area contributed by atoms with Crippen molar-refractivity contribution >= 4 is 45.7 Å². The SMILES string of the molecule is O=C(NCCCNC(=O)c1ccccc1I)c1cccs1. The van der Waals surface area contributed by atoms with Crippen LogP contribution in [0.25, 0.3) is 0 Å². The molecular formula is C15H15IN2O2S. The van der Waals surface area contributed by atoms with Gasteiger partial charge in [0.2, 0.25) is 0 Å². The number of hydrogen-bond acceptors (Lipinski definition) is 3. The van der Waals surface area contributed by atoms with Gasteiger partial charge in [-0.05, 0) is 52.6 Å². The second kappa shape index (κ2) is 8.14. The molecule has 0 aliphatic heterocycles. The van der Waals surface area contributed by atoms with Gasteiger partial charge >= 0.3 is 0 Å². The summed E-state index contributed by atoms with van der Waals surface area (Å²) in [7, 11) is 0. The van der Waals surface area contributed by atoms with Crippen molar-refractivity contribution in [2.45, 2.75) is 6.42 Å². The van der Waals surface area contributed by atoms with E-state index in [1.165, 1.54) is 11.3 Å². The van der Waals surface area contributed by atoms with Crippen molar-refractivity contribution in [1.82, 2.24) is 10.6 Å². The van der Waals surface area contributed by atoms with Gasteiger partial charge in [-0.2, -0.15) is 0 Å². The van der Waals surface area contributed by atoms with Gasteiger partial charge in [0, 0.05) is 16.7 Å². The third-order valence-corrected chi connectivity index (χ3v) is 4.60. The van der Waals surface area contributed by atoms with Crippen LogP contribution in [0.15, 0.2) is 41.8 Å². The number of thiophene rings is 1. The minimum absolute atomic E-state index is 0.0612. The van der Waals surface area contributed by atoms with Gasteiger partial charge < -0.3 is 10.6 Å². The van der Waals surface area contributed by atoms with Crippen LogP contribution in [0.1, 0.15) is 26.5 Å². The number of carbonyl (C=O) groups is 2. The van der Waals surface area contributed by atoms with Gasteiger partial charge in [-0.3, -0.25) is 9.59 Å². The lowest BCUT2D eigenvalue weighted by Crippen LogP contribution is -2.29. The lowest BCUT2D eigenvalue weighted by Gasteiger charge is -2.07. The predicted octanol–water partition coefficient (Wildman–Crippen LogP) is 2.90. The highest BCUT2D eigenvalue weighted by Gasteiger charge is 2.08. The topological polar surface area (TPSA) is 58.2 Å². The Morgan fingerprint density at radius 3 is 2.38 bits per heavy atom. The molecule has 1 heterocycles. The van der Waals surface area contributed by atoms with E-state index in [9.17, 15) is 9.59 Å². The van der Waals surface area contributed by atoms with Crippen molar-refractivity contribution in [1.29, 1.82) is 0 Å². The summed E-state index contributed by atoms with van der Waals surface area (Å²) in [6.07, 6.45) is 0.701. The van der Waals surface area contributed by atoms with E-state index in [-0.39, 0.29) is 11.8 Å². The van der Waals surface area contributed by atoms with Crippen LogP contribution in [0.2, 0.25) is 0 Å². The third-order valence-electron chi connectivity index (χ3n) is 2.79. The summed E-state index contributed by atoms with van der Waals surface area (Å²) in [5.74, 6) is -0.140. The predicted molar refractivity (Wildman–Crippen MR) is 92.8 cm³/mol. The maximum Gasteiger partial charge on any atom is 0.261 e. The molecule has 1 aromatic heterocycles. The van der Waals surface area contributed by atoms with Crippen LogP contribution in [0, 0.1) is 3.57 Å². The van der Waals surface area contributed by atoms with Crippen LogP contribution < -0.4 is 10.6 Å². The summed E-state index contributed by atoms with van der Waals surface area (Å²) in [6.45, 7) is 1.08. The first-order valence-corrected chi connectivity index (χ1v) is 8.49. The molecule has 2 N–H and O–H groups in total. The quantitative estimate of drug-likeness (QED) is 0.564. The molecule has 6 heteroatoms. The van der Waals surface area contributed by atoms with Crippen LogP contribution in [0.4, 0.5) is 0 Å². The highest BCUT2D eigenvalue weighted by atomic mass is 127. The Hall–Kier alpha value is -1.41. The molecule has 2 aromatic rings. The Kier molecular flexibility index (Phi) is 6.19. The molecule has 0 bridgehead atoms. The fourth-order valence-electron chi connectivity index (χ4n) is 1.73. The van der Waals surface area contributed by atoms with Crippen molar-refractivity contribution in [3.63, 3.8) is 0 Å². The average Bonchev–Trinajstić information content (AvgIpc) is 3.01. The molecule has 2 rings (SSSR count). The van der Waals surface area contributed by atoms with Gasteiger partial charge in [-0.1, -0.05) is 18.2 Å². The Labute approximate surface area is 141 Å². The van der Waals surface area contributed by atoms with Crippen LogP contribution in [0.5, 0.6) is 0 Å². The molecule has 2 amide bonds. The second-order valence-corrected chi connectivity index (χ2v) is 6.43. The number of rotatable bonds is 6. The number of halogens is 1. The highest BCUT2D eigenvalue weighted by molar-refractivity contribution is 14.1. The molecule has 4 nitrogen and oxygen atoms in total. The van der Waals surface area contributed by atoms with E-state index >= 15 is 0 Å². The van der Waals surface area contributed by atoms with Crippen LogP contribution in [-0.2, 0) is 0 Å². The molecule has 0 radical (unpaired) electrons. The Balaban J connectivity index is 1.67. The standard InChI is InChI=1S/C15H15IN2O2S/c16-12-6-2-1-5-11(12)14(19)17-8-4-9-18-15(20)13-7-3-10-21-13/h1-3,5-7,10H,4,8-9H2,(H,17,19)(H,18,20). The molecule has 110 valence electrons. The summed E-state index contributed by atoms with van der Waals surface area (Å²) >= 11 is 3.56. The lowest BCUT2D eigenvalue weighted by atomic mass is 10.2. The van der Waals surface area contributed by atoms with Crippen molar-refractivity contribution in [2.24, 2.45) is 0 Å². The Morgan fingerprint density at radius 2 is 1.71 bits per heavy atom. The second-order valence-electron chi connectivity index (χ2n) is 4.32. The maximum atomic E-state index is 11.9. The third kappa shape index (κ3) is 4.82. The van der Waals surface area contributed by atoms with E-state index in [0.29, 0.717) is 30.0 Å². The molecule has 0 aliphatic carbocycles. The van der Waals surface area contributed by atoms with E-state index in [1.54, 1.807) is 12.1 Å². The fraction of sp³-hybridized carbons (Fsp3) is 0.200. The van der Waals surface area contributed by atoms with Gasteiger partial charge in [0.15, 0.2) is 0 Å². The van der Waals surface area contributed by atoms with E-state index in [1.807, 2.05) is 29.6 Å². The molecule has 21 heavy (non-hydrogen) atoms. The maximum absolute atomic E-state index is 11.9. The Bertz CT molecular complexity index is 614. The smallest absolute Gasteiger partial charge is 0.261 e. The molecule has 0 fully saturated rings. The number of nitrogens with one attached hydrogen (secondary N) is 2. The van der Waals surface area contributed by atoms with Crippen LogP contribution in [0.3, 0.4) is 0 Å². The lowest BCUT2D eigenvalue weighted by molar-refractivity contribution is 0.0952. The van der Waals surface area contributed by atoms with Crippen LogP contribution in [-0.4, -0.2) is 24.9 Å². The van der Waals surface area contributed by atoms with E-state index in [0.717, 1.165) is 3.57 Å². The zero-order valence-corrected chi connectivity index (χ0v) is 14.2. The van der Waals surface area contributed by atoms with E-state index < -0.39 is 0 Å². The normalized spacial score (nSPS) is 10.1. The zero-order chi connectivity index (χ0) is 15.1. The first-order valence-electron chi connectivity index (χ1n) is 6.53. The molecular weight excluding hydrogens is 399 g/mol. The summed E-state index contributed by atoms with van der Waals surface area (Å²) < 4.78 is 0.929. The van der Waals surface area contributed by atoms with Gasteiger partial charge in [0.1, 0.15) is 0 Å². The number of carbonyl (C=O) groups excluding carboxylic acids is 2. The first-order chi connectivity index (χ1) is 10.2. The number of hydrogen-bond donors (Lipinski definition) is 2. The zero-order valence-electron chi connectivity index (χ0n) is 11.3. The van der Waals surface area contributed by atoms with E-state index in [2.05, 4.69) is 33.2 Å². The minimum atomic E-state index is -0.0791. The van der Waals surface area contributed by atoms with Crippen molar-refractivity contribution in [3.05, 3.63) is 55.8 Å². The molecule has 0 atom stereocenters. The minimum Gasteiger partial charge on any atom is -0.352 e. The molecule has 0 spiro atoms. The molecule has 0 unspecified atom stereocenters. The van der Waals surface area contributed by atoms with Crippen molar-refractivity contribution < 1.29 is 9.59 Å². The summed E-state index contributed by atoms with van der Waals surface area (Å²) in [6, 6.07) is 11.1. The van der Waals surface area contributed by atoms with Crippen molar-refractivity contribution in [2.75, 3.05) is 13.1 Å². The monoisotopic (exact) mass is 414 g/mol. The fourth-order valence-corrected chi connectivity index (χ4v) is 3.00. The van der Waals surface area contributed by atoms with Gasteiger partial charge in [-0.25, -0.2) is 0 Å². The molecule has 0 aliphatic rings. The van der Waals surface area contributed by atoms with Gasteiger partial charge in [0.25, 0.3) is 11.8 Å². The first kappa shape index (κ1) is 16.0. The number of amides is 2. The molecule has 0 saturated heterocycles. The number of benzene rings is 1.